The van der Waals surface area contributed by atoms with Gasteiger partial charge < -0.3 is 19.8 Å². The molecule has 0 aliphatic carbocycles. The van der Waals surface area contributed by atoms with Crippen LogP contribution in [0, 0.1) is 6.92 Å². The molecule has 2 N–H and O–H groups in total. The van der Waals surface area contributed by atoms with Gasteiger partial charge in [0.05, 0.1) is 5.69 Å². The lowest BCUT2D eigenvalue weighted by molar-refractivity contribution is -0.122. The molecule has 0 fully saturated rings. The van der Waals surface area contributed by atoms with E-state index in [0.29, 0.717) is 22.7 Å². The molecule has 1 atom stereocenters. The first kappa shape index (κ1) is 16.7. The van der Waals surface area contributed by atoms with Gasteiger partial charge in [-0.3, -0.25) is 9.59 Å². The normalized spacial score (nSPS) is 16.0. The van der Waals surface area contributed by atoms with Crippen LogP contribution in [0.2, 0.25) is 0 Å². The largest absolute Gasteiger partial charge is 0.479 e. The van der Waals surface area contributed by atoms with Crippen molar-refractivity contribution >= 4 is 50.1 Å². The predicted molar refractivity (Wildman–Crippen MR) is 102 cm³/mol. The minimum atomic E-state index is -0.541. The van der Waals surface area contributed by atoms with E-state index in [1.54, 1.807) is 25.1 Å². The quantitative estimate of drug-likeness (QED) is 0.647. The second-order valence-corrected chi connectivity index (χ2v) is 7.03. The van der Waals surface area contributed by atoms with E-state index < -0.39 is 6.10 Å². The minimum absolute atomic E-state index is 0.223. The van der Waals surface area contributed by atoms with Crippen molar-refractivity contribution in [2.24, 2.45) is 0 Å². The number of hydrogen-bond acceptors (Lipinski definition) is 4. The molecule has 26 heavy (non-hydrogen) atoms. The lowest BCUT2D eigenvalue weighted by Crippen LogP contribution is -2.34. The predicted octanol–water partition coefficient (Wildman–Crippen LogP) is 4.48. The molecule has 0 unspecified atom stereocenters. The maximum atomic E-state index is 12.6. The molecule has 2 aromatic carbocycles. The van der Waals surface area contributed by atoms with Gasteiger partial charge in [-0.1, -0.05) is 15.9 Å². The van der Waals surface area contributed by atoms with E-state index in [2.05, 4.69) is 26.6 Å². The average Bonchev–Trinajstić information content (AvgIpc) is 2.93. The number of halogens is 1. The Kier molecular flexibility index (Phi) is 3.96. The molecule has 2 heterocycles. The number of carbonyl (C=O) groups excluding carboxylic acids is 2. The van der Waals surface area contributed by atoms with Gasteiger partial charge in [-0.15, -0.1) is 0 Å². The summed E-state index contributed by atoms with van der Waals surface area (Å²) in [7, 11) is 0. The van der Waals surface area contributed by atoms with Gasteiger partial charge in [-0.25, -0.2) is 0 Å². The van der Waals surface area contributed by atoms with E-state index in [0.717, 1.165) is 15.4 Å². The van der Waals surface area contributed by atoms with Crippen LogP contribution in [0.4, 0.5) is 11.4 Å². The van der Waals surface area contributed by atoms with Crippen LogP contribution in [0.3, 0.4) is 0 Å². The van der Waals surface area contributed by atoms with Crippen molar-refractivity contribution in [2.75, 3.05) is 10.6 Å². The Hall–Kier alpha value is -2.80. The Morgan fingerprint density at radius 3 is 2.85 bits per heavy atom. The van der Waals surface area contributed by atoms with Gasteiger partial charge in [0.2, 0.25) is 0 Å². The molecule has 0 radical (unpaired) electrons. The molecule has 2 amide bonds. The topological polar surface area (TPSA) is 80.6 Å². The summed E-state index contributed by atoms with van der Waals surface area (Å²) in [5.41, 5.74) is 2.47. The molecule has 0 spiro atoms. The molecule has 7 heteroatoms. The van der Waals surface area contributed by atoms with Crippen LogP contribution in [0.1, 0.15) is 23.0 Å². The van der Waals surface area contributed by atoms with Gasteiger partial charge >= 0.3 is 0 Å². The van der Waals surface area contributed by atoms with Gasteiger partial charge in [-0.05, 0) is 50.2 Å². The van der Waals surface area contributed by atoms with Gasteiger partial charge in [0.25, 0.3) is 11.8 Å². The summed E-state index contributed by atoms with van der Waals surface area (Å²) in [6, 6.07) is 10.7. The number of amides is 2. The number of carbonyl (C=O) groups is 2. The van der Waals surface area contributed by atoms with Crippen molar-refractivity contribution in [3.63, 3.8) is 0 Å². The fourth-order valence-corrected chi connectivity index (χ4v) is 3.25. The Morgan fingerprint density at radius 2 is 2.04 bits per heavy atom. The van der Waals surface area contributed by atoms with Crippen LogP contribution in [0.5, 0.6) is 5.75 Å². The SMILES string of the molecule is Cc1c(C(=O)Nc2ccc3c(c2)NC(=O)[C@@H](C)O3)oc2ccc(Br)cc12. The van der Waals surface area contributed by atoms with Gasteiger partial charge in [-0.2, -0.15) is 0 Å². The standard InChI is InChI=1S/C19H15BrN2O4/c1-9-13-7-11(20)3-5-15(13)26-17(9)19(24)21-12-4-6-16-14(8-12)22-18(23)10(2)25-16/h3-8,10H,1-2H3,(H,21,24)(H,22,23)/t10-/m1/s1. The van der Waals surface area contributed by atoms with Crippen LogP contribution in [0.25, 0.3) is 11.0 Å². The van der Waals surface area contributed by atoms with Crippen LogP contribution in [-0.2, 0) is 4.79 Å². The van der Waals surface area contributed by atoms with E-state index in [9.17, 15) is 9.59 Å². The van der Waals surface area contributed by atoms with Crippen LogP contribution in [-0.4, -0.2) is 17.9 Å². The second-order valence-electron chi connectivity index (χ2n) is 6.11. The Bertz CT molecular complexity index is 1060. The number of rotatable bonds is 2. The Morgan fingerprint density at radius 1 is 1.23 bits per heavy atom. The van der Waals surface area contributed by atoms with Crippen LogP contribution in [0.15, 0.2) is 45.3 Å². The van der Waals surface area contributed by atoms with Gasteiger partial charge in [0.1, 0.15) is 11.3 Å². The summed E-state index contributed by atoms with van der Waals surface area (Å²) in [5, 5.41) is 6.44. The Labute approximate surface area is 157 Å². The number of ether oxygens (including phenoxy) is 1. The number of hydrogen-bond donors (Lipinski definition) is 2. The van der Waals surface area contributed by atoms with Crippen LogP contribution >= 0.6 is 15.9 Å². The molecular formula is C19H15BrN2O4. The molecule has 0 bridgehead atoms. The van der Waals surface area contributed by atoms with Crippen molar-refractivity contribution in [2.45, 2.75) is 20.0 Å². The fraction of sp³-hybridized carbons (Fsp3) is 0.158. The minimum Gasteiger partial charge on any atom is -0.479 e. The number of anilines is 2. The van der Waals surface area contributed by atoms with E-state index in [1.165, 1.54) is 0 Å². The number of furan rings is 1. The molecule has 3 aromatic rings. The molecule has 1 aliphatic rings. The summed E-state index contributed by atoms with van der Waals surface area (Å²) in [6.07, 6.45) is -0.541. The summed E-state index contributed by atoms with van der Waals surface area (Å²) in [6.45, 7) is 3.52. The van der Waals surface area contributed by atoms with Gasteiger partial charge in [0.15, 0.2) is 11.9 Å². The third-order valence-electron chi connectivity index (χ3n) is 4.27. The van der Waals surface area contributed by atoms with E-state index in [-0.39, 0.29) is 17.6 Å². The van der Waals surface area contributed by atoms with Gasteiger partial charge in [0, 0.05) is 21.1 Å². The summed E-state index contributed by atoms with van der Waals surface area (Å²) < 4.78 is 12.1. The summed E-state index contributed by atoms with van der Waals surface area (Å²) in [4.78, 5) is 24.4. The third kappa shape index (κ3) is 2.84. The molecule has 1 aromatic heterocycles. The van der Waals surface area contributed by atoms with Crippen molar-refractivity contribution in [3.8, 4) is 5.75 Å². The molecule has 1 aliphatic heterocycles. The zero-order chi connectivity index (χ0) is 18.4. The number of benzene rings is 2. The van der Waals surface area contributed by atoms with E-state index in [4.69, 9.17) is 9.15 Å². The lowest BCUT2D eigenvalue weighted by Gasteiger charge is -2.23. The number of aryl methyl sites for hydroxylation is 1. The maximum Gasteiger partial charge on any atom is 0.291 e. The molecule has 132 valence electrons. The highest BCUT2D eigenvalue weighted by Gasteiger charge is 2.24. The lowest BCUT2D eigenvalue weighted by atomic mass is 10.1. The molecule has 4 rings (SSSR count). The molecule has 0 saturated carbocycles. The van der Waals surface area contributed by atoms with Crippen molar-refractivity contribution < 1.29 is 18.7 Å². The maximum absolute atomic E-state index is 12.6. The summed E-state index contributed by atoms with van der Waals surface area (Å²) >= 11 is 3.42. The van der Waals surface area contributed by atoms with E-state index in [1.807, 2.05) is 25.1 Å². The average molecular weight is 415 g/mol. The zero-order valence-electron chi connectivity index (χ0n) is 14.1. The van der Waals surface area contributed by atoms with Crippen molar-refractivity contribution in [1.29, 1.82) is 0 Å². The smallest absolute Gasteiger partial charge is 0.291 e. The fourth-order valence-electron chi connectivity index (χ4n) is 2.88. The Balaban J connectivity index is 1.62. The van der Waals surface area contributed by atoms with Crippen molar-refractivity contribution in [3.05, 3.63) is 52.2 Å². The van der Waals surface area contributed by atoms with Crippen LogP contribution < -0.4 is 15.4 Å². The monoisotopic (exact) mass is 414 g/mol. The van der Waals surface area contributed by atoms with E-state index >= 15 is 0 Å². The summed E-state index contributed by atoms with van der Waals surface area (Å²) in [5.74, 6) is 0.246. The first-order valence-corrected chi connectivity index (χ1v) is 8.83. The molecule has 6 nitrogen and oxygen atoms in total. The molecule has 0 saturated heterocycles. The number of nitrogens with one attached hydrogen (secondary N) is 2. The zero-order valence-corrected chi connectivity index (χ0v) is 15.6. The van der Waals surface area contributed by atoms with Crippen molar-refractivity contribution in [1.82, 2.24) is 0 Å². The highest BCUT2D eigenvalue weighted by molar-refractivity contribution is 9.10. The molecular weight excluding hydrogens is 400 g/mol. The highest BCUT2D eigenvalue weighted by Crippen LogP contribution is 2.33. The third-order valence-corrected chi connectivity index (χ3v) is 4.77. The highest BCUT2D eigenvalue weighted by atomic mass is 79.9. The first-order valence-electron chi connectivity index (χ1n) is 8.04. The first-order chi connectivity index (χ1) is 12.4. The second kappa shape index (κ2) is 6.17. The number of fused-ring (bicyclic) bond motifs is 2.